The van der Waals surface area contributed by atoms with Gasteiger partial charge in [-0.3, -0.25) is 0 Å². The topological polar surface area (TPSA) is 29.3 Å². The molecule has 2 N–H and O–H groups in total. The van der Waals surface area contributed by atoms with Crippen LogP contribution < -0.4 is 10.6 Å². The van der Waals surface area contributed by atoms with E-state index in [1.54, 1.807) is 0 Å². The molecular weight excluding hydrogens is 160 g/mol. The van der Waals surface area contributed by atoms with E-state index in [-0.39, 0.29) is 0 Å². The van der Waals surface area contributed by atoms with Gasteiger partial charge in [0.2, 0.25) is 0 Å². The van der Waals surface area contributed by atoms with Crippen LogP contribution in [0.2, 0.25) is 0 Å². The molecular formula is C11H16N2. The highest BCUT2D eigenvalue weighted by atomic mass is 15.1. The third kappa shape index (κ3) is 2.92. The van der Waals surface area contributed by atoms with Crippen LogP contribution in [-0.2, 0) is 0 Å². The Morgan fingerprint density at radius 1 is 1.23 bits per heavy atom. The second kappa shape index (κ2) is 4.67. The first-order valence-corrected chi connectivity index (χ1v) is 4.38. The number of hydrogen-bond donors (Lipinski definition) is 1. The van der Waals surface area contributed by atoms with Crippen molar-refractivity contribution in [2.24, 2.45) is 5.73 Å². The Bertz CT molecular complexity index is 273. The van der Waals surface area contributed by atoms with Crippen molar-refractivity contribution in [1.82, 2.24) is 0 Å². The van der Waals surface area contributed by atoms with Gasteiger partial charge in [0.05, 0.1) is 0 Å². The van der Waals surface area contributed by atoms with Crippen molar-refractivity contribution < 1.29 is 0 Å². The number of rotatable bonds is 3. The van der Waals surface area contributed by atoms with Crippen LogP contribution >= 0.6 is 0 Å². The van der Waals surface area contributed by atoms with Crippen molar-refractivity contribution in [2.75, 3.05) is 25.5 Å². The molecule has 0 unspecified atom stereocenters. The average Bonchev–Trinajstić information content (AvgIpc) is 2.15. The molecule has 0 heterocycles. The van der Waals surface area contributed by atoms with E-state index in [9.17, 15) is 0 Å². The fourth-order valence-electron chi connectivity index (χ4n) is 1.09. The summed E-state index contributed by atoms with van der Waals surface area (Å²) in [6.07, 6.45) is 3.98. The van der Waals surface area contributed by atoms with Gasteiger partial charge in [-0.1, -0.05) is 24.3 Å². The van der Waals surface area contributed by atoms with Crippen LogP contribution in [0.15, 0.2) is 30.3 Å². The second-order valence-electron chi connectivity index (χ2n) is 3.12. The molecule has 0 aliphatic heterocycles. The molecule has 13 heavy (non-hydrogen) atoms. The van der Waals surface area contributed by atoms with Gasteiger partial charge < -0.3 is 10.6 Å². The molecule has 0 spiro atoms. The number of nitrogens with two attached hydrogens (primary N) is 1. The largest absolute Gasteiger partial charge is 0.378 e. The number of anilines is 1. The van der Waals surface area contributed by atoms with Crippen LogP contribution in [0, 0.1) is 0 Å². The number of benzene rings is 1. The van der Waals surface area contributed by atoms with Gasteiger partial charge in [-0.05, 0) is 17.7 Å². The summed E-state index contributed by atoms with van der Waals surface area (Å²) in [5.41, 5.74) is 7.76. The summed E-state index contributed by atoms with van der Waals surface area (Å²) in [5.74, 6) is 0. The molecule has 0 amide bonds. The van der Waals surface area contributed by atoms with E-state index in [1.807, 2.05) is 26.2 Å². The summed E-state index contributed by atoms with van der Waals surface area (Å²) < 4.78 is 0. The molecule has 0 aliphatic rings. The van der Waals surface area contributed by atoms with E-state index in [4.69, 9.17) is 5.73 Å². The van der Waals surface area contributed by atoms with E-state index >= 15 is 0 Å². The Balaban J connectivity index is 2.75. The van der Waals surface area contributed by atoms with Crippen LogP contribution in [0.5, 0.6) is 0 Å². The van der Waals surface area contributed by atoms with Gasteiger partial charge in [-0.2, -0.15) is 0 Å². The van der Waals surface area contributed by atoms with Gasteiger partial charge in [0, 0.05) is 26.3 Å². The first-order valence-electron chi connectivity index (χ1n) is 4.38. The van der Waals surface area contributed by atoms with E-state index in [1.165, 1.54) is 11.3 Å². The highest BCUT2D eigenvalue weighted by Crippen LogP contribution is 2.12. The zero-order valence-corrected chi connectivity index (χ0v) is 8.20. The lowest BCUT2D eigenvalue weighted by Crippen LogP contribution is -2.07. The van der Waals surface area contributed by atoms with Gasteiger partial charge >= 0.3 is 0 Å². The van der Waals surface area contributed by atoms with Crippen LogP contribution in [0.1, 0.15) is 5.56 Å². The summed E-state index contributed by atoms with van der Waals surface area (Å²) in [6.45, 7) is 0.593. The molecule has 70 valence electrons. The van der Waals surface area contributed by atoms with Crippen molar-refractivity contribution in [3.8, 4) is 0 Å². The Kier molecular flexibility index (Phi) is 3.53. The molecule has 0 bridgehead atoms. The SMILES string of the molecule is CN(C)c1ccc(/C=C/CN)cc1. The normalized spacial score (nSPS) is 10.7. The highest BCUT2D eigenvalue weighted by Gasteiger charge is 1.92. The predicted molar refractivity (Wildman–Crippen MR) is 58.9 cm³/mol. The van der Waals surface area contributed by atoms with E-state index in [0.29, 0.717) is 6.54 Å². The lowest BCUT2D eigenvalue weighted by molar-refractivity contribution is 1.13. The van der Waals surface area contributed by atoms with Gasteiger partial charge in [0.1, 0.15) is 0 Å². The molecule has 2 heteroatoms. The zero-order chi connectivity index (χ0) is 9.68. The first kappa shape index (κ1) is 9.81. The van der Waals surface area contributed by atoms with Crippen LogP contribution in [-0.4, -0.2) is 20.6 Å². The lowest BCUT2D eigenvalue weighted by Gasteiger charge is -2.11. The van der Waals surface area contributed by atoms with E-state index in [2.05, 4.69) is 29.2 Å². The molecule has 1 rings (SSSR count). The summed E-state index contributed by atoms with van der Waals surface area (Å²) >= 11 is 0. The van der Waals surface area contributed by atoms with Gasteiger partial charge in [0.25, 0.3) is 0 Å². The van der Waals surface area contributed by atoms with Crippen molar-refractivity contribution >= 4 is 11.8 Å². The molecule has 2 nitrogen and oxygen atoms in total. The standard InChI is InChI=1S/C11H16N2/c1-13(2)11-7-5-10(6-8-11)4-3-9-12/h3-8H,9,12H2,1-2H3/b4-3+. The fourth-order valence-corrected chi connectivity index (χ4v) is 1.09. The maximum Gasteiger partial charge on any atom is 0.0361 e. The number of nitrogens with zero attached hydrogens (tertiary/aromatic N) is 1. The lowest BCUT2D eigenvalue weighted by atomic mass is 10.2. The molecule has 0 radical (unpaired) electrons. The molecule has 0 saturated carbocycles. The Morgan fingerprint density at radius 3 is 2.31 bits per heavy atom. The maximum atomic E-state index is 5.36. The third-order valence-corrected chi connectivity index (χ3v) is 1.86. The molecule has 0 saturated heterocycles. The monoisotopic (exact) mass is 176 g/mol. The summed E-state index contributed by atoms with van der Waals surface area (Å²) in [5, 5.41) is 0. The third-order valence-electron chi connectivity index (χ3n) is 1.86. The minimum atomic E-state index is 0.593. The fraction of sp³-hybridized carbons (Fsp3) is 0.273. The predicted octanol–water partition coefficient (Wildman–Crippen LogP) is 1.72. The van der Waals surface area contributed by atoms with Crippen molar-refractivity contribution in [1.29, 1.82) is 0 Å². The minimum Gasteiger partial charge on any atom is -0.378 e. The van der Waals surface area contributed by atoms with Crippen molar-refractivity contribution in [2.45, 2.75) is 0 Å². The molecule has 0 aliphatic carbocycles. The maximum absolute atomic E-state index is 5.36. The molecule has 1 aromatic carbocycles. The zero-order valence-electron chi connectivity index (χ0n) is 8.20. The summed E-state index contributed by atoms with van der Waals surface area (Å²) in [4.78, 5) is 2.08. The van der Waals surface area contributed by atoms with E-state index in [0.717, 1.165) is 0 Å². The molecule has 0 aromatic heterocycles. The minimum absolute atomic E-state index is 0.593. The van der Waals surface area contributed by atoms with Crippen molar-refractivity contribution in [3.63, 3.8) is 0 Å². The van der Waals surface area contributed by atoms with Gasteiger partial charge in [-0.25, -0.2) is 0 Å². The average molecular weight is 176 g/mol. The molecule has 1 aromatic rings. The quantitative estimate of drug-likeness (QED) is 0.760. The van der Waals surface area contributed by atoms with Crippen LogP contribution in [0.4, 0.5) is 5.69 Å². The second-order valence-corrected chi connectivity index (χ2v) is 3.12. The summed E-state index contributed by atoms with van der Waals surface area (Å²) in [7, 11) is 4.06. The summed E-state index contributed by atoms with van der Waals surface area (Å²) in [6, 6.07) is 8.36. The molecule has 0 fully saturated rings. The Hall–Kier alpha value is -1.28. The number of hydrogen-bond acceptors (Lipinski definition) is 2. The van der Waals surface area contributed by atoms with E-state index < -0.39 is 0 Å². The Morgan fingerprint density at radius 2 is 1.85 bits per heavy atom. The first-order chi connectivity index (χ1) is 6.24. The van der Waals surface area contributed by atoms with Crippen LogP contribution in [0.25, 0.3) is 6.08 Å². The van der Waals surface area contributed by atoms with Crippen molar-refractivity contribution in [3.05, 3.63) is 35.9 Å². The highest BCUT2D eigenvalue weighted by molar-refractivity contribution is 5.55. The molecule has 0 atom stereocenters. The Labute approximate surface area is 79.7 Å². The van der Waals surface area contributed by atoms with Gasteiger partial charge in [-0.15, -0.1) is 0 Å². The smallest absolute Gasteiger partial charge is 0.0361 e. The van der Waals surface area contributed by atoms with Gasteiger partial charge in [0.15, 0.2) is 0 Å². The van der Waals surface area contributed by atoms with Crippen LogP contribution in [0.3, 0.4) is 0 Å².